The van der Waals surface area contributed by atoms with Crippen LogP contribution < -0.4 is 11.0 Å². The van der Waals surface area contributed by atoms with Gasteiger partial charge in [0.05, 0.1) is 16.1 Å². The standard InChI is InChI=1S/C22H25ClF3N5O2S/c1-10-17(23)18(22(24,25)26)29-30(10)9-15(32)28-31-11(2)27-19-16(20(31)33)13-7-6-12(21(3,4)5)8-14(13)34-19/h12H,6-9H2,1-5H3,(H,28,32). The van der Waals surface area contributed by atoms with Crippen LogP contribution in [0.25, 0.3) is 10.2 Å². The van der Waals surface area contributed by atoms with Crippen LogP contribution in [0.2, 0.25) is 5.02 Å². The lowest BCUT2D eigenvalue weighted by molar-refractivity contribution is -0.141. The molecule has 0 spiro atoms. The van der Waals surface area contributed by atoms with E-state index < -0.39 is 34.9 Å². The minimum atomic E-state index is -4.74. The molecule has 0 fully saturated rings. The van der Waals surface area contributed by atoms with Crippen molar-refractivity contribution in [1.82, 2.24) is 19.4 Å². The molecule has 0 saturated carbocycles. The van der Waals surface area contributed by atoms with Gasteiger partial charge in [-0.3, -0.25) is 19.7 Å². The number of fused-ring (bicyclic) bond motifs is 3. The average molecular weight is 516 g/mol. The zero-order chi connectivity index (χ0) is 25.2. The fraction of sp³-hybridized carbons (Fsp3) is 0.545. The first-order valence-electron chi connectivity index (χ1n) is 10.8. The molecule has 12 heteroatoms. The molecule has 7 nitrogen and oxygen atoms in total. The smallest absolute Gasteiger partial charge is 0.271 e. The summed E-state index contributed by atoms with van der Waals surface area (Å²) in [6, 6.07) is 0. The Labute approximate surface area is 202 Å². The number of thiophene rings is 1. The van der Waals surface area contributed by atoms with Crippen molar-refractivity contribution in [2.75, 3.05) is 5.43 Å². The normalized spacial score (nSPS) is 16.7. The van der Waals surface area contributed by atoms with Crippen molar-refractivity contribution in [3.63, 3.8) is 0 Å². The van der Waals surface area contributed by atoms with Gasteiger partial charge >= 0.3 is 6.18 Å². The molecule has 3 aromatic heterocycles. The predicted octanol–water partition coefficient (Wildman–Crippen LogP) is 4.86. The number of hydrogen-bond donors (Lipinski definition) is 1. The average Bonchev–Trinajstić information content (AvgIpc) is 3.21. The fourth-order valence-electron chi connectivity index (χ4n) is 4.35. The molecule has 1 aliphatic rings. The van der Waals surface area contributed by atoms with Gasteiger partial charge in [-0.1, -0.05) is 32.4 Å². The van der Waals surface area contributed by atoms with Crippen LogP contribution in [0.4, 0.5) is 13.2 Å². The Kier molecular flexibility index (Phi) is 6.08. The van der Waals surface area contributed by atoms with E-state index >= 15 is 0 Å². The van der Waals surface area contributed by atoms with Gasteiger partial charge in [-0.15, -0.1) is 11.3 Å². The van der Waals surface area contributed by atoms with Crippen LogP contribution in [-0.4, -0.2) is 25.3 Å². The number of amides is 1. The largest absolute Gasteiger partial charge is 0.436 e. The molecule has 3 heterocycles. The van der Waals surface area contributed by atoms with E-state index in [2.05, 4.69) is 36.3 Å². The molecule has 1 amide bonds. The number of halogens is 4. The number of carbonyl (C=O) groups is 1. The van der Waals surface area contributed by atoms with E-state index in [4.69, 9.17) is 11.6 Å². The van der Waals surface area contributed by atoms with E-state index in [1.165, 1.54) is 18.3 Å². The monoisotopic (exact) mass is 515 g/mol. The third-order valence-electron chi connectivity index (χ3n) is 6.41. The molecule has 1 atom stereocenters. The van der Waals surface area contributed by atoms with Gasteiger partial charge in [-0.05, 0) is 50.0 Å². The highest BCUT2D eigenvalue weighted by molar-refractivity contribution is 7.18. The summed E-state index contributed by atoms with van der Waals surface area (Å²) < 4.78 is 41.1. The molecule has 0 radical (unpaired) electrons. The number of aryl methyl sites for hydroxylation is 2. The maximum absolute atomic E-state index is 13.3. The molecule has 4 rings (SSSR count). The van der Waals surface area contributed by atoms with Crippen LogP contribution in [0.15, 0.2) is 4.79 Å². The zero-order valence-electron chi connectivity index (χ0n) is 19.4. The third-order valence-corrected chi connectivity index (χ3v) is 8.01. The topological polar surface area (TPSA) is 81.8 Å². The lowest BCUT2D eigenvalue weighted by atomic mass is 9.72. The maximum Gasteiger partial charge on any atom is 0.436 e. The second-order valence-electron chi connectivity index (χ2n) is 9.73. The highest BCUT2D eigenvalue weighted by atomic mass is 35.5. The van der Waals surface area contributed by atoms with E-state index in [-0.39, 0.29) is 16.9 Å². The predicted molar refractivity (Wildman–Crippen MR) is 125 cm³/mol. The summed E-state index contributed by atoms with van der Waals surface area (Å²) in [4.78, 5) is 32.3. The Hall–Kier alpha value is -2.40. The first-order valence-corrected chi connectivity index (χ1v) is 12.0. The van der Waals surface area contributed by atoms with Crippen molar-refractivity contribution in [3.05, 3.63) is 43.0 Å². The van der Waals surface area contributed by atoms with Gasteiger partial charge in [0, 0.05) is 4.88 Å². The van der Waals surface area contributed by atoms with Gasteiger partial charge in [0.25, 0.3) is 11.5 Å². The van der Waals surface area contributed by atoms with Crippen molar-refractivity contribution in [3.8, 4) is 0 Å². The number of rotatable bonds is 3. The SMILES string of the molecule is Cc1c(Cl)c(C(F)(F)F)nn1CC(=O)Nn1c(C)nc2sc3c(c2c1=O)CCC(C(C)(C)C)C3. The van der Waals surface area contributed by atoms with E-state index in [1.54, 1.807) is 6.92 Å². The highest BCUT2D eigenvalue weighted by Crippen LogP contribution is 2.42. The molecular formula is C22H25ClF3N5O2S. The van der Waals surface area contributed by atoms with E-state index in [1.807, 2.05) is 0 Å². The van der Waals surface area contributed by atoms with Gasteiger partial charge in [0.15, 0.2) is 5.69 Å². The quantitative estimate of drug-likeness (QED) is 0.540. The minimum absolute atomic E-state index is 0.00194. The maximum atomic E-state index is 13.3. The molecule has 1 N–H and O–H groups in total. The summed E-state index contributed by atoms with van der Waals surface area (Å²) in [6.07, 6.45) is -2.14. The lowest BCUT2D eigenvalue weighted by Gasteiger charge is -2.33. The summed E-state index contributed by atoms with van der Waals surface area (Å²) in [5.74, 6) is 0.0593. The van der Waals surface area contributed by atoms with E-state index in [0.29, 0.717) is 16.1 Å². The Morgan fingerprint density at radius 1 is 1.26 bits per heavy atom. The summed E-state index contributed by atoms with van der Waals surface area (Å²) in [5.41, 5.74) is 1.95. The second kappa shape index (κ2) is 8.37. The minimum Gasteiger partial charge on any atom is -0.271 e. The van der Waals surface area contributed by atoms with Gasteiger partial charge in [0.1, 0.15) is 17.2 Å². The Morgan fingerprint density at radius 2 is 1.94 bits per heavy atom. The molecule has 0 bridgehead atoms. The molecule has 0 aromatic carbocycles. The molecule has 184 valence electrons. The Bertz CT molecular complexity index is 1350. The van der Waals surface area contributed by atoms with E-state index in [9.17, 15) is 22.8 Å². The summed E-state index contributed by atoms with van der Waals surface area (Å²) in [6.45, 7) is 9.04. The molecule has 1 aliphatic carbocycles. The Balaban J connectivity index is 1.64. The number of hydrogen-bond acceptors (Lipinski definition) is 5. The fourth-order valence-corrected chi connectivity index (χ4v) is 5.93. The lowest BCUT2D eigenvalue weighted by Crippen LogP contribution is -2.37. The Morgan fingerprint density at radius 3 is 2.53 bits per heavy atom. The van der Waals surface area contributed by atoms with Gasteiger partial charge in [-0.25, -0.2) is 9.66 Å². The van der Waals surface area contributed by atoms with Crippen molar-refractivity contribution in [1.29, 1.82) is 0 Å². The number of carbonyl (C=O) groups excluding carboxylic acids is 1. The molecule has 0 saturated heterocycles. The number of nitrogens with zero attached hydrogens (tertiary/aromatic N) is 4. The van der Waals surface area contributed by atoms with Crippen molar-refractivity contribution in [2.24, 2.45) is 11.3 Å². The summed E-state index contributed by atoms with van der Waals surface area (Å²) in [5, 5.41) is 3.37. The first-order chi connectivity index (χ1) is 15.7. The van der Waals surface area contributed by atoms with Gasteiger partial charge in [0.2, 0.25) is 0 Å². The molecule has 0 aliphatic heterocycles. The molecule has 3 aromatic rings. The summed E-state index contributed by atoms with van der Waals surface area (Å²) in [7, 11) is 0. The molecule has 1 unspecified atom stereocenters. The van der Waals surface area contributed by atoms with Crippen LogP contribution in [-0.2, 0) is 30.4 Å². The molecule has 34 heavy (non-hydrogen) atoms. The highest BCUT2D eigenvalue weighted by Gasteiger charge is 2.38. The van der Waals surface area contributed by atoms with Crippen molar-refractivity contribution < 1.29 is 18.0 Å². The number of aromatic nitrogens is 4. The van der Waals surface area contributed by atoms with Gasteiger partial charge < -0.3 is 0 Å². The van der Waals surface area contributed by atoms with Crippen molar-refractivity contribution >= 4 is 39.1 Å². The van der Waals surface area contributed by atoms with Crippen molar-refractivity contribution in [2.45, 2.75) is 66.6 Å². The van der Waals surface area contributed by atoms with Crippen LogP contribution >= 0.6 is 22.9 Å². The van der Waals surface area contributed by atoms with Crippen LogP contribution in [0.5, 0.6) is 0 Å². The summed E-state index contributed by atoms with van der Waals surface area (Å²) >= 11 is 7.27. The molecular weight excluding hydrogens is 491 g/mol. The van der Waals surface area contributed by atoms with Crippen LogP contribution in [0.3, 0.4) is 0 Å². The second-order valence-corrected chi connectivity index (χ2v) is 11.2. The third kappa shape index (κ3) is 4.35. The van der Waals surface area contributed by atoms with Crippen LogP contribution in [0, 0.1) is 25.2 Å². The number of nitrogens with one attached hydrogen (secondary N) is 1. The van der Waals surface area contributed by atoms with Gasteiger partial charge in [-0.2, -0.15) is 18.3 Å². The number of alkyl halides is 3. The van der Waals surface area contributed by atoms with E-state index in [0.717, 1.165) is 39.1 Å². The van der Waals surface area contributed by atoms with Crippen LogP contribution in [0.1, 0.15) is 54.8 Å². The first kappa shape index (κ1) is 24.7. The zero-order valence-corrected chi connectivity index (χ0v) is 21.0.